The van der Waals surface area contributed by atoms with Gasteiger partial charge in [0.05, 0.1) is 35.5 Å². The van der Waals surface area contributed by atoms with Crippen molar-refractivity contribution in [3.05, 3.63) is 72.4 Å². The van der Waals surface area contributed by atoms with Crippen LogP contribution in [0.5, 0.6) is 17.4 Å². The van der Waals surface area contributed by atoms with Gasteiger partial charge in [0.25, 0.3) is 5.91 Å². The number of anilines is 1. The summed E-state index contributed by atoms with van der Waals surface area (Å²) in [7, 11) is -3.77. The fourth-order valence-electron chi connectivity index (χ4n) is 3.43. The summed E-state index contributed by atoms with van der Waals surface area (Å²) in [5, 5.41) is 2.77. The Morgan fingerprint density at radius 1 is 1.06 bits per heavy atom. The van der Waals surface area contributed by atoms with E-state index in [2.05, 4.69) is 10.3 Å². The average molecular weight is 498 g/mol. The number of ether oxygens (including phenoxy) is 3. The zero-order chi connectivity index (χ0) is 24.8. The van der Waals surface area contributed by atoms with Crippen molar-refractivity contribution in [2.75, 3.05) is 31.6 Å². The summed E-state index contributed by atoms with van der Waals surface area (Å²) in [6, 6.07) is 16.6. The Labute approximate surface area is 204 Å². The van der Waals surface area contributed by atoms with E-state index in [0.717, 1.165) is 0 Å². The number of nitrogens with zero attached hydrogens (tertiary/aromatic N) is 2. The van der Waals surface area contributed by atoms with Gasteiger partial charge in [-0.25, -0.2) is 13.4 Å². The summed E-state index contributed by atoms with van der Waals surface area (Å²) in [4.78, 5) is 17.2. The molecule has 35 heavy (non-hydrogen) atoms. The minimum absolute atomic E-state index is 0.0453. The lowest BCUT2D eigenvalue weighted by atomic mass is 10.2. The molecule has 0 unspecified atom stereocenters. The molecule has 1 aliphatic rings. The highest BCUT2D eigenvalue weighted by molar-refractivity contribution is 7.89. The normalized spacial score (nSPS) is 14.5. The number of rotatable bonds is 8. The van der Waals surface area contributed by atoms with E-state index in [1.165, 1.54) is 28.7 Å². The van der Waals surface area contributed by atoms with Gasteiger partial charge in [-0.1, -0.05) is 18.2 Å². The van der Waals surface area contributed by atoms with E-state index in [1.54, 1.807) is 24.3 Å². The second kappa shape index (κ2) is 10.9. The summed E-state index contributed by atoms with van der Waals surface area (Å²) >= 11 is 0. The van der Waals surface area contributed by atoms with E-state index in [9.17, 15) is 13.2 Å². The Morgan fingerprint density at radius 3 is 2.46 bits per heavy atom. The van der Waals surface area contributed by atoms with E-state index in [-0.39, 0.29) is 35.3 Å². The first-order valence-electron chi connectivity index (χ1n) is 11.2. The van der Waals surface area contributed by atoms with Gasteiger partial charge in [0.1, 0.15) is 5.75 Å². The van der Waals surface area contributed by atoms with E-state index in [1.807, 2.05) is 32.0 Å². The average Bonchev–Trinajstić information content (AvgIpc) is 2.86. The summed E-state index contributed by atoms with van der Waals surface area (Å²) in [5.74, 6) is 0.789. The molecule has 1 saturated heterocycles. The second-order valence-electron chi connectivity index (χ2n) is 8.10. The van der Waals surface area contributed by atoms with Crippen molar-refractivity contribution in [3.8, 4) is 17.4 Å². The number of sulfonamides is 1. The maximum Gasteiger partial charge on any atom is 0.257 e. The topological polar surface area (TPSA) is 107 Å². The molecule has 0 aliphatic carbocycles. The molecule has 2 aromatic carbocycles. The molecule has 9 nitrogen and oxygen atoms in total. The summed E-state index contributed by atoms with van der Waals surface area (Å²) in [6.45, 7) is 4.97. The van der Waals surface area contributed by atoms with Gasteiger partial charge in [-0.2, -0.15) is 4.31 Å². The molecule has 184 valence electrons. The van der Waals surface area contributed by atoms with Crippen LogP contribution in [0.2, 0.25) is 0 Å². The number of pyridine rings is 1. The number of carbonyl (C=O) groups is 1. The predicted molar refractivity (Wildman–Crippen MR) is 130 cm³/mol. The van der Waals surface area contributed by atoms with Gasteiger partial charge in [0.2, 0.25) is 15.9 Å². The Bertz CT molecular complexity index is 1260. The monoisotopic (exact) mass is 497 g/mol. The predicted octanol–water partition coefficient (Wildman–Crippen LogP) is 3.93. The minimum atomic E-state index is -3.77. The molecule has 1 N–H and O–H groups in total. The number of benzene rings is 2. The molecule has 2 heterocycles. The number of morpholine rings is 1. The zero-order valence-corrected chi connectivity index (χ0v) is 20.3. The van der Waals surface area contributed by atoms with Gasteiger partial charge in [0.15, 0.2) is 5.75 Å². The largest absolute Gasteiger partial charge is 0.475 e. The first kappa shape index (κ1) is 24.6. The molecule has 3 aromatic rings. The molecule has 0 radical (unpaired) electrons. The highest BCUT2D eigenvalue weighted by Gasteiger charge is 2.27. The van der Waals surface area contributed by atoms with Gasteiger partial charge < -0.3 is 19.5 Å². The van der Waals surface area contributed by atoms with Gasteiger partial charge in [-0.05, 0) is 50.2 Å². The van der Waals surface area contributed by atoms with Crippen LogP contribution in [0.3, 0.4) is 0 Å². The minimum Gasteiger partial charge on any atom is -0.475 e. The third kappa shape index (κ3) is 6.16. The van der Waals surface area contributed by atoms with Crippen molar-refractivity contribution >= 4 is 21.6 Å². The Hall–Kier alpha value is -3.47. The number of nitrogens with one attached hydrogen (secondary N) is 1. The van der Waals surface area contributed by atoms with Crippen LogP contribution >= 0.6 is 0 Å². The fraction of sp³-hybridized carbons (Fsp3) is 0.280. The van der Waals surface area contributed by atoms with Crippen LogP contribution in [0.25, 0.3) is 0 Å². The molecule has 1 aliphatic heterocycles. The van der Waals surface area contributed by atoms with Crippen LogP contribution in [-0.4, -0.2) is 56.0 Å². The van der Waals surface area contributed by atoms with Crippen molar-refractivity contribution in [2.45, 2.75) is 24.8 Å². The third-order valence-corrected chi connectivity index (χ3v) is 7.03. The highest BCUT2D eigenvalue weighted by atomic mass is 32.2. The smallest absolute Gasteiger partial charge is 0.257 e. The fourth-order valence-corrected chi connectivity index (χ4v) is 4.86. The number of hydrogen-bond donors (Lipinski definition) is 1. The highest BCUT2D eigenvalue weighted by Crippen LogP contribution is 2.33. The quantitative estimate of drug-likeness (QED) is 0.502. The zero-order valence-electron chi connectivity index (χ0n) is 19.5. The van der Waals surface area contributed by atoms with E-state index in [0.29, 0.717) is 30.6 Å². The SMILES string of the molecule is CC(C)Oc1ccc(C(=O)Nc2cc(S(=O)(=O)N3CCOCC3)ccc2Oc2ccccc2)cn1. The number of amides is 1. The Balaban J connectivity index is 1.63. The first-order chi connectivity index (χ1) is 16.8. The van der Waals surface area contributed by atoms with Crippen molar-refractivity contribution in [1.29, 1.82) is 0 Å². The number of hydrogen-bond acceptors (Lipinski definition) is 7. The van der Waals surface area contributed by atoms with Crippen molar-refractivity contribution < 1.29 is 27.4 Å². The molecule has 10 heteroatoms. The molecule has 0 spiro atoms. The lowest BCUT2D eigenvalue weighted by Gasteiger charge is -2.26. The number of aromatic nitrogens is 1. The Kier molecular flexibility index (Phi) is 7.64. The number of para-hydroxylation sites is 1. The van der Waals surface area contributed by atoms with Gasteiger partial charge >= 0.3 is 0 Å². The van der Waals surface area contributed by atoms with Crippen molar-refractivity contribution in [1.82, 2.24) is 9.29 Å². The molecule has 0 bridgehead atoms. The lowest BCUT2D eigenvalue weighted by molar-refractivity contribution is 0.0730. The molecule has 0 atom stereocenters. The molecule has 1 amide bonds. The molecule has 4 rings (SSSR count). The molecular weight excluding hydrogens is 470 g/mol. The molecule has 1 fully saturated rings. The summed E-state index contributed by atoms with van der Waals surface area (Å²) < 4.78 is 44.5. The Morgan fingerprint density at radius 2 is 1.80 bits per heavy atom. The van der Waals surface area contributed by atoms with Crippen LogP contribution in [0.4, 0.5) is 5.69 Å². The van der Waals surface area contributed by atoms with Crippen molar-refractivity contribution in [3.63, 3.8) is 0 Å². The molecular formula is C25H27N3O6S. The van der Waals surface area contributed by atoms with Gasteiger partial charge in [-0.15, -0.1) is 0 Å². The van der Waals surface area contributed by atoms with Gasteiger partial charge in [0, 0.05) is 25.4 Å². The van der Waals surface area contributed by atoms with E-state index in [4.69, 9.17) is 14.2 Å². The van der Waals surface area contributed by atoms with Crippen molar-refractivity contribution in [2.24, 2.45) is 0 Å². The summed E-state index contributed by atoms with van der Waals surface area (Å²) in [5.41, 5.74) is 0.504. The van der Waals surface area contributed by atoms with E-state index >= 15 is 0 Å². The maximum absolute atomic E-state index is 13.2. The molecule has 1 aromatic heterocycles. The van der Waals surface area contributed by atoms with Crippen LogP contribution in [0.15, 0.2) is 71.8 Å². The maximum atomic E-state index is 13.2. The van der Waals surface area contributed by atoms with E-state index < -0.39 is 15.9 Å². The first-order valence-corrected chi connectivity index (χ1v) is 12.7. The second-order valence-corrected chi connectivity index (χ2v) is 10.0. The van der Waals surface area contributed by atoms with Gasteiger partial charge in [-0.3, -0.25) is 4.79 Å². The summed E-state index contributed by atoms with van der Waals surface area (Å²) in [6.07, 6.45) is 1.36. The van der Waals surface area contributed by atoms with Crippen LogP contribution < -0.4 is 14.8 Å². The van der Waals surface area contributed by atoms with Crippen LogP contribution in [0, 0.1) is 0 Å². The lowest BCUT2D eigenvalue weighted by Crippen LogP contribution is -2.40. The third-order valence-electron chi connectivity index (χ3n) is 5.13. The standard InChI is InChI=1S/C25H27N3O6S/c1-18(2)33-24-11-8-19(17-26-24)25(29)27-22-16-21(35(30,31)28-12-14-32-15-13-28)9-10-23(22)34-20-6-4-3-5-7-20/h3-11,16-18H,12-15H2,1-2H3,(H,27,29). The molecule has 0 saturated carbocycles. The van der Waals surface area contributed by atoms with Crippen LogP contribution in [0.1, 0.15) is 24.2 Å². The van der Waals surface area contributed by atoms with Crippen LogP contribution in [-0.2, 0) is 14.8 Å². The number of carbonyl (C=O) groups excluding carboxylic acids is 1.